The average molecular weight is 290 g/mol. The molecule has 0 saturated heterocycles. The number of nitrogens with two attached hydrogens (primary N) is 1. The molecule has 0 unspecified atom stereocenters. The summed E-state index contributed by atoms with van der Waals surface area (Å²) in [5.41, 5.74) is 9.04. The lowest BCUT2D eigenvalue weighted by molar-refractivity contribution is 0.617. The van der Waals surface area contributed by atoms with E-state index in [-0.39, 0.29) is 5.82 Å². The Kier molecular flexibility index (Phi) is 3.42. The summed E-state index contributed by atoms with van der Waals surface area (Å²) in [6.45, 7) is 0.477. The fourth-order valence-electron chi connectivity index (χ4n) is 2.28. The lowest BCUT2D eigenvalue weighted by Crippen LogP contribution is -2.06. The minimum Gasteiger partial charge on any atom is -0.330 e. The van der Waals surface area contributed by atoms with E-state index >= 15 is 0 Å². The Balaban J connectivity index is 2.23. The molecular formula is C15H13ClFN3. The van der Waals surface area contributed by atoms with E-state index in [1.165, 1.54) is 12.3 Å². The first-order valence-corrected chi connectivity index (χ1v) is 6.69. The van der Waals surface area contributed by atoms with Gasteiger partial charge in [-0.05, 0) is 30.8 Å². The zero-order valence-corrected chi connectivity index (χ0v) is 11.4. The molecule has 2 aromatic heterocycles. The molecule has 0 saturated carbocycles. The normalized spacial score (nSPS) is 11.2. The van der Waals surface area contributed by atoms with E-state index < -0.39 is 0 Å². The molecule has 0 bridgehead atoms. The van der Waals surface area contributed by atoms with Crippen LogP contribution in [0.25, 0.3) is 16.9 Å². The van der Waals surface area contributed by atoms with Crippen LogP contribution in [-0.2, 0) is 6.42 Å². The Hall–Kier alpha value is -1.91. The van der Waals surface area contributed by atoms with E-state index in [1.54, 1.807) is 10.5 Å². The van der Waals surface area contributed by atoms with Gasteiger partial charge in [-0.1, -0.05) is 23.7 Å². The van der Waals surface area contributed by atoms with E-state index in [0.29, 0.717) is 23.6 Å². The first-order chi connectivity index (χ1) is 9.69. The van der Waals surface area contributed by atoms with Crippen LogP contribution in [0.15, 0.2) is 42.6 Å². The van der Waals surface area contributed by atoms with Gasteiger partial charge in [0.15, 0.2) is 0 Å². The highest BCUT2D eigenvalue weighted by atomic mass is 35.5. The maximum absolute atomic E-state index is 13.4. The second-order valence-corrected chi connectivity index (χ2v) is 4.96. The van der Waals surface area contributed by atoms with Crippen LogP contribution < -0.4 is 5.73 Å². The minimum atomic E-state index is -0.296. The summed E-state index contributed by atoms with van der Waals surface area (Å²) in [4.78, 5) is 4.57. The van der Waals surface area contributed by atoms with Crippen LogP contribution in [0.4, 0.5) is 4.39 Å². The molecule has 3 aromatic rings. The van der Waals surface area contributed by atoms with Crippen LogP contribution in [-0.4, -0.2) is 15.9 Å². The minimum absolute atomic E-state index is 0.296. The number of aromatic nitrogens is 2. The summed E-state index contributed by atoms with van der Waals surface area (Å²) in [6, 6.07) is 10.5. The largest absolute Gasteiger partial charge is 0.330 e. The number of nitrogens with zero attached hydrogens (tertiary/aromatic N) is 2. The summed E-state index contributed by atoms with van der Waals surface area (Å²) in [5, 5.41) is 0.670. The lowest BCUT2D eigenvalue weighted by atomic mass is 10.1. The molecule has 0 aliphatic rings. The Labute approximate surface area is 120 Å². The van der Waals surface area contributed by atoms with Crippen LogP contribution in [0.2, 0.25) is 5.02 Å². The zero-order chi connectivity index (χ0) is 14.1. The van der Waals surface area contributed by atoms with Crippen molar-refractivity contribution in [2.45, 2.75) is 6.42 Å². The molecule has 0 aliphatic carbocycles. The molecule has 0 amide bonds. The van der Waals surface area contributed by atoms with Gasteiger partial charge >= 0.3 is 0 Å². The predicted octanol–water partition coefficient (Wildman–Crippen LogP) is 3.30. The van der Waals surface area contributed by atoms with Crippen LogP contribution in [0.5, 0.6) is 0 Å². The summed E-state index contributed by atoms with van der Waals surface area (Å²) in [5.74, 6) is -0.296. The van der Waals surface area contributed by atoms with Crippen molar-refractivity contribution in [1.29, 1.82) is 0 Å². The van der Waals surface area contributed by atoms with Crippen molar-refractivity contribution < 1.29 is 4.39 Å². The highest BCUT2D eigenvalue weighted by molar-refractivity contribution is 6.30. The molecule has 102 valence electrons. The second-order valence-electron chi connectivity index (χ2n) is 4.53. The molecular weight excluding hydrogens is 277 g/mol. The topological polar surface area (TPSA) is 43.3 Å². The second kappa shape index (κ2) is 5.23. The SMILES string of the molecule is NCCc1c(-c2ccc(Cl)cc2)nc2ccc(F)cn12. The van der Waals surface area contributed by atoms with Crippen molar-refractivity contribution in [2.75, 3.05) is 6.54 Å². The highest BCUT2D eigenvalue weighted by Gasteiger charge is 2.13. The highest BCUT2D eigenvalue weighted by Crippen LogP contribution is 2.26. The number of hydrogen-bond acceptors (Lipinski definition) is 2. The van der Waals surface area contributed by atoms with Gasteiger partial charge in [0.05, 0.1) is 11.4 Å². The quantitative estimate of drug-likeness (QED) is 0.804. The predicted molar refractivity (Wildman–Crippen MR) is 78.4 cm³/mol. The van der Waals surface area contributed by atoms with Gasteiger partial charge in [-0.25, -0.2) is 9.37 Å². The molecule has 5 heteroatoms. The Morgan fingerprint density at radius 3 is 2.60 bits per heavy atom. The first kappa shape index (κ1) is 13.1. The van der Waals surface area contributed by atoms with Crippen LogP contribution in [0, 0.1) is 5.82 Å². The Bertz CT molecular complexity index is 750. The van der Waals surface area contributed by atoms with Gasteiger partial charge in [0.25, 0.3) is 0 Å². The Morgan fingerprint density at radius 2 is 1.90 bits per heavy atom. The summed E-state index contributed by atoms with van der Waals surface area (Å²) < 4.78 is 15.2. The number of benzene rings is 1. The summed E-state index contributed by atoms with van der Waals surface area (Å²) >= 11 is 5.90. The molecule has 0 fully saturated rings. The smallest absolute Gasteiger partial charge is 0.139 e. The number of fused-ring (bicyclic) bond motifs is 1. The third-order valence-corrected chi connectivity index (χ3v) is 3.43. The van der Waals surface area contributed by atoms with Crippen molar-refractivity contribution in [2.24, 2.45) is 5.73 Å². The average Bonchev–Trinajstić information content (AvgIpc) is 2.79. The molecule has 0 aliphatic heterocycles. The van der Waals surface area contributed by atoms with Crippen LogP contribution in [0.1, 0.15) is 5.69 Å². The van der Waals surface area contributed by atoms with E-state index in [4.69, 9.17) is 17.3 Å². The number of pyridine rings is 1. The van der Waals surface area contributed by atoms with Gasteiger partial charge in [0.1, 0.15) is 11.5 Å². The van der Waals surface area contributed by atoms with E-state index in [0.717, 1.165) is 17.0 Å². The number of rotatable bonds is 3. The third-order valence-electron chi connectivity index (χ3n) is 3.18. The van der Waals surface area contributed by atoms with Crippen molar-refractivity contribution >= 4 is 17.2 Å². The number of halogens is 2. The van der Waals surface area contributed by atoms with E-state index in [1.807, 2.05) is 24.3 Å². The number of hydrogen-bond donors (Lipinski definition) is 1. The molecule has 0 radical (unpaired) electrons. The monoisotopic (exact) mass is 289 g/mol. The molecule has 0 atom stereocenters. The van der Waals surface area contributed by atoms with Crippen molar-refractivity contribution in [3.8, 4) is 11.3 Å². The van der Waals surface area contributed by atoms with Crippen molar-refractivity contribution in [1.82, 2.24) is 9.38 Å². The fourth-order valence-corrected chi connectivity index (χ4v) is 2.41. The summed E-state index contributed by atoms with van der Waals surface area (Å²) in [6.07, 6.45) is 2.06. The fraction of sp³-hybridized carbons (Fsp3) is 0.133. The molecule has 2 heterocycles. The van der Waals surface area contributed by atoms with Crippen LogP contribution in [0.3, 0.4) is 0 Å². The van der Waals surface area contributed by atoms with Crippen molar-refractivity contribution in [3.63, 3.8) is 0 Å². The molecule has 1 aromatic carbocycles. The van der Waals surface area contributed by atoms with E-state index in [9.17, 15) is 4.39 Å². The molecule has 20 heavy (non-hydrogen) atoms. The standard InChI is InChI=1S/C15H13ClFN3/c16-11-3-1-10(2-4-11)15-13(7-8-18)20-9-12(17)5-6-14(20)19-15/h1-6,9H,7-8,18H2. The molecule has 0 spiro atoms. The van der Waals surface area contributed by atoms with Gasteiger partial charge < -0.3 is 10.1 Å². The molecule has 3 rings (SSSR count). The van der Waals surface area contributed by atoms with E-state index in [2.05, 4.69) is 4.98 Å². The maximum Gasteiger partial charge on any atom is 0.139 e. The van der Waals surface area contributed by atoms with Gasteiger partial charge in [-0.2, -0.15) is 0 Å². The lowest BCUT2D eigenvalue weighted by Gasteiger charge is -2.04. The molecule has 3 nitrogen and oxygen atoms in total. The third kappa shape index (κ3) is 2.28. The number of imidazole rings is 1. The first-order valence-electron chi connectivity index (χ1n) is 6.31. The van der Waals surface area contributed by atoms with Crippen molar-refractivity contribution in [3.05, 3.63) is 59.1 Å². The van der Waals surface area contributed by atoms with Gasteiger partial charge in [-0.3, -0.25) is 0 Å². The Morgan fingerprint density at radius 1 is 1.15 bits per heavy atom. The summed E-state index contributed by atoms with van der Waals surface area (Å²) in [7, 11) is 0. The van der Waals surface area contributed by atoms with Crippen LogP contribution >= 0.6 is 11.6 Å². The zero-order valence-electron chi connectivity index (χ0n) is 10.7. The van der Waals surface area contributed by atoms with Gasteiger partial charge in [0.2, 0.25) is 0 Å². The maximum atomic E-state index is 13.4. The molecule has 2 N–H and O–H groups in total. The van der Waals surface area contributed by atoms with Gasteiger partial charge in [-0.15, -0.1) is 0 Å². The van der Waals surface area contributed by atoms with Gasteiger partial charge in [0, 0.05) is 23.2 Å².